The fourth-order valence-corrected chi connectivity index (χ4v) is 4.76. The standard InChI is InChI=1S/C24H31Cl2N3O5S/c1-5-13-27-24(31)20(6-2)28(15-17-9-7-8-10-19(17)26)23(30)16-29(35(4,32)33)21-14-18(25)11-12-22(21)34-3/h7-12,14,20H,5-6,13,15-16H2,1-4H3,(H,27,31)/t20-/m1/s1. The maximum atomic E-state index is 13.7. The van der Waals surface area contributed by atoms with Crippen molar-refractivity contribution < 1.29 is 22.7 Å². The van der Waals surface area contributed by atoms with Crippen LogP contribution in [-0.2, 0) is 26.2 Å². The van der Waals surface area contributed by atoms with Crippen LogP contribution in [0.15, 0.2) is 42.5 Å². The van der Waals surface area contributed by atoms with Gasteiger partial charge >= 0.3 is 0 Å². The molecule has 0 aliphatic rings. The van der Waals surface area contributed by atoms with Crippen LogP contribution >= 0.6 is 23.2 Å². The highest BCUT2D eigenvalue weighted by molar-refractivity contribution is 7.92. The van der Waals surface area contributed by atoms with Gasteiger partial charge in [0.2, 0.25) is 21.8 Å². The largest absolute Gasteiger partial charge is 0.495 e. The molecule has 1 N–H and O–H groups in total. The van der Waals surface area contributed by atoms with Crippen molar-refractivity contribution in [2.24, 2.45) is 0 Å². The van der Waals surface area contributed by atoms with Crippen molar-refractivity contribution in [2.75, 3.05) is 30.8 Å². The topological polar surface area (TPSA) is 96.0 Å². The summed E-state index contributed by atoms with van der Waals surface area (Å²) < 4.78 is 31.7. The molecule has 2 aromatic rings. The first-order valence-corrected chi connectivity index (χ1v) is 13.8. The minimum atomic E-state index is -3.92. The van der Waals surface area contributed by atoms with Crippen LogP contribution in [0, 0.1) is 0 Å². The number of sulfonamides is 1. The van der Waals surface area contributed by atoms with Crippen molar-refractivity contribution in [1.29, 1.82) is 0 Å². The van der Waals surface area contributed by atoms with Crippen LogP contribution in [0.1, 0.15) is 32.3 Å². The molecule has 192 valence electrons. The Kier molecular flexibility index (Phi) is 10.7. The molecule has 0 aliphatic carbocycles. The van der Waals surface area contributed by atoms with Gasteiger partial charge in [0.15, 0.2) is 0 Å². The quantitative estimate of drug-likeness (QED) is 0.434. The summed E-state index contributed by atoms with van der Waals surface area (Å²) in [5, 5.41) is 3.54. The van der Waals surface area contributed by atoms with Gasteiger partial charge in [-0.15, -0.1) is 0 Å². The van der Waals surface area contributed by atoms with Gasteiger partial charge in [0.1, 0.15) is 18.3 Å². The molecule has 0 radical (unpaired) electrons. The lowest BCUT2D eigenvalue weighted by Gasteiger charge is -2.33. The van der Waals surface area contributed by atoms with Gasteiger partial charge in [-0.3, -0.25) is 13.9 Å². The van der Waals surface area contributed by atoms with E-state index in [0.717, 1.165) is 17.0 Å². The van der Waals surface area contributed by atoms with Crippen LogP contribution in [0.3, 0.4) is 0 Å². The highest BCUT2D eigenvalue weighted by Crippen LogP contribution is 2.33. The first kappa shape index (κ1) is 28.7. The van der Waals surface area contributed by atoms with E-state index in [4.69, 9.17) is 27.9 Å². The number of carbonyl (C=O) groups is 2. The monoisotopic (exact) mass is 543 g/mol. The van der Waals surface area contributed by atoms with Gasteiger partial charge in [0.05, 0.1) is 19.1 Å². The minimum Gasteiger partial charge on any atom is -0.495 e. The van der Waals surface area contributed by atoms with E-state index in [1.165, 1.54) is 24.1 Å². The SMILES string of the molecule is CCCNC(=O)[C@@H](CC)N(Cc1ccccc1Cl)C(=O)CN(c1cc(Cl)ccc1OC)S(C)(=O)=O. The molecule has 0 aliphatic heterocycles. The second kappa shape index (κ2) is 13.0. The number of amides is 2. The number of methoxy groups -OCH3 is 1. The third-order valence-corrected chi connectivity index (χ3v) is 7.05. The molecule has 0 bridgehead atoms. The van der Waals surface area contributed by atoms with Crippen LogP contribution in [-0.4, -0.2) is 57.6 Å². The Morgan fingerprint density at radius 3 is 2.37 bits per heavy atom. The number of ether oxygens (including phenoxy) is 1. The van der Waals surface area contributed by atoms with Crippen LogP contribution in [0.2, 0.25) is 10.0 Å². The molecular formula is C24H31Cl2N3O5S. The van der Waals surface area contributed by atoms with Crippen molar-refractivity contribution in [3.05, 3.63) is 58.1 Å². The Balaban J connectivity index is 2.51. The highest BCUT2D eigenvalue weighted by Gasteiger charge is 2.32. The van der Waals surface area contributed by atoms with E-state index < -0.39 is 28.5 Å². The fraction of sp³-hybridized carbons (Fsp3) is 0.417. The molecule has 2 aromatic carbocycles. The predicted molar refractivity (Wildman–Crippen MR) is 140 cm³/mol. The van der Waals surface area contributed by atoms with Crippen molar-refractivity contribution in [3.8, 4) is 5.75 Å². The predicted octanol–water partition coefficient (Wildman–Crippen LogP) is 4.10. The van der Waals surface area contributed by atoms with Crippen molar-refractivity contribution in [3.63, 3.8) is 0 Å². The number of hydrogen-bond donors (Lipinski definition) is 1. The Bertz CT molecular complexity index is 1140. The summed E-state index contributed by atoms with van der Waals surface area (Å²) in [6.45, 7) is 3.64. The van der Waals surface area contributed by atoms with Crippen LogP contribution in [0.4, 0.5) is 5.69 Å². The summed E-state index contributed by atoms with van der Waals surface area (Å²) in [5.41, 5.74) is 0.757. The maximum absolute atomic E-state index is 13.7. The van der Waals surface area contributed by atoms with E-state index >= 15 is 0 Å². The smallest absolute Gasteiger partial charge is 0.244 e. The van der Waals surface area contributed by atoms with Crippen molar-refractivity contribution in [1.82, 2.24) is 10.2 Å². The molecule has 2 rings (SSSR count). The first-order valence-electron chi connectivity index (χ1n) is 11.1. The van der Waals surface area contributed by atoms with E-state index in [1.807, 2.05) is 6.92 Å². The van der Waals surface area contributed by atoms with Crippen LogP contribution in [0.25, 0.3) is 0 Å². The zero-order valence-corrected chi connectivity index (χ0v) is 22.6. The van der Waals surface area contributed by atoms with E-state index in [-0.39, 0.29) is 28.9 Å². The number of benzene rings is 2. The third-order valence-electron chi connectivity index (χ3n) is 5.32. The summed E-state index contributed by atoms with van der Waals surface area (Å²) >= 11 is 12.5. The normalized spacial score (nSPS) is 12.1. The first-order chi connectivity index (χ1) is 16.5. The molecular weight excluding hydrogens is 513 g/mol. The molecule has 0 heterocycles. The van der Waals surface area contributed by atoms with Gasteiger partial charge in [-0.1, -0.05) is 55.2 Å². The molecule has 0 aromatic heterocycles. The van der Waals surface area contributed by atoms with E-state index in [1.54, 1.807) is 37.3 Å². The lowest BCUT2D eigenvalue weighted by molar-refractivity contribution is -0.140. The van der Waals surface area contributed by atoms with Gasteiger partial charge in [0.25, 0.3) is 0 Å². The van der Waals surface area contributed by atoms with Crippen molar-refractivity contribution in [2.45, 2.75) is 39.3 Å². The summed E-state index contributed by atoms with van der Waals surface area (Å²) in [5.74, 6) is -0.658. The summed E-state index contributed by atoms with van der Waals surface area (Å²) in [7, 11) is -2.53. The molecule has 0 saturated heterocycles. The highest BCUT2D eigenvalue weighted by atomic mass is 35.5. The Labute approximate surface area is 217 Å². The molecule has 8 nitrogen and oxygen atoms in total. The molecule has 0 fully saturated rings. The number of nitrogens with zero attached hydrogens (tertiary/aromatic N) is 2. The van der Waals surface area contributed by atoms with Gasteiger partial charge in [-0.25, -0.2) is 8.42 Å². The van der Waals surface area contributed by atoms with Gasteiger partial charge < -0.3 is 15.0 Å². The van der Waals surface area contributed by atoms with Gasteiger partial charge in [-0.2, -0.15) is 0 Å². The maximum Gasteiger partial charge on any atom is 0.244 e. The number of anilines is 1. The van der Waals surface area contributed by atoms with Crippen molar-refractivity contribution >= 4 is 50.7 Å². The molecule has 1 atom stereocenters. The lowest BCUT2D eigenvalue weighted by atomic mass is 10.1. The van der Waals surface area contributed by atoms with E-state index in [2.05, 4.69) is 5.32 Å². The zero-order valence-electron chi connectivity index (χ0n) is 20.3. The third kappa shape index (κ3) is 7.75. The summed E-state index contributed by atoms with van der Waals surface area (Å²) in [4.78, 5) is 28.0. The van der Waals surface area contributed by atoms with E-state index in [0.29, 0.717) is 23.6 Å². The Morgan fingerprint density at radius 2 is 1.80 bits per heavy atom. The number of rotatable bonds is 12. The molecule has 11 heteroatoms. The minimum absolute atomic E-state index is 0.0286. The summed E-state index contributed by atoms with van der Waals surface area (Å²) in [6.07, 6.45) is 2.05. The molecule has 2 amide bonds. The fourth-order valence-electron chi connectivity index (χ4n) is 3.55. The number of hydrogen-bond acceptors (Lipinski definition) is 5. The number of halogens is 2. The number of carbonyl (C=O) groups excluding carboxylic acids is 2. The van der Waals surface area contributed by atoms with Crippen LogP contribution < -0.4 is 14.4 Å². The Morgan fingerprint density at radius 1 is 1.11 bits per heavy atom. The summed E-state index contributed by atoms with van der Waals surface area (Å²) in [6, 6.07) is 10.7. The molecule has 0 unspecified atom stereocenters. The van der Waals surface area contributed by atoms with E-state index in [9.17, 15) is 18.0 Å². The molecule has 0 spiro atoms. The molecule has 0 saturated carbocycles. The zero-order chi connectivity index (χ0) is 26.2. The number of nitrogens with one attached hydrogen (secondary N) is 1. The lowest BCUT2D eigenvalue weighted by Crippen LogP contribution is -2.52. The average molecular weight is 545 g/mol. The van der Waals surface area contributed by atoms with Gasteiger partial charge in [-0.05, 0) is 42.7 Å². The van der Waals surface area contributed by atoms with Gasteiger partial charge in [0, 0.05) is 23.1 Å². The molecule has 35 heavy (non-hydrogen) atoms. The average Bonchev–Trinajstić information content (AvgIpc) is 2.81. The Hall–Kier alpha value is -2.49. The van der Waals surface area contributed by atoms with Crippen LogP contribution in [0.5, 0.6) is 5.75 Å². The second-order valence-corrected chi connectivity index (χ2v) is 10.7. The second-order valence-electron chi connectivity index (χ2n) is 7.91.